The van der Waals surface area contributed by atoms with Gasteiger partial charge in [0.1, 0.15) is 5.82 Å². The number of carbonyl (C=O) groups is 1. The Bertz CT molecular complexity index is 391. The van der Waals surface area contributed by atoms with Crippen molar-refractivity contribution in [3.8, 4) is 0 Å². The van der Waals surface area contributed by atoms with Gasteiger partial charge in [-0.05, 0) is 25.5 Å². The summed E-state index contributed by atoms with van der Waals surface area (Å²) < 4.78 is 13.3. The SMILES string of the molecule is CCC(C)(CN)NC(=O)Nc1ccccc1F. The number of nitrogens with one attached hydrogen (secondary N) is 2. The molecule has 1 aromatic rings. The summed E-state index contributed by atoms with van der Waals surface area (Å²) in [6, 6.07) is 5.55. The number of para-hydroxylation sites is 1. The molecular weight excluding hydrogens is 221 g/mol. The average molecular weight is 239 g/mol. The van der Waals surface area contributed by atoms with E-state index < -0.39 is 17.4 Å². The minimum atomic E-state index is -0.477. The van der Waals surface area contributed by atoms with Crippen LogP contribution < -0.4 is 16.4 Å². The summed E-state index contributed by atoms with van der Waals surface area (Å²) in [4.78, 5) is 11.7. The second kappa shape index (κ2) is 5.63. The molecule has 0 fully saturated rings. The summed E-state index contributed by atoms with van der Waals surface area (Å²) in [7, 11) is 0. The number of amides is 2. The summed E-state index contributed by atoms with van der Waals surface area (Å²) in [5, 5.41) is 5.18. The molecule has 5 heteroatoms. The fourth-order valence-corrected chi connectivity index (χ4v) is 1.27. The lowest BCUT2D eigenvalue weighted by Crippen LogP contribution is -2.52. The van der Waals surface area contributed by atoms with E-state index in [0.29, 0.717) is 13.0 Å². The van der Waals surface area contributed by atoms with E-state index in [9.17, 15) is 9.18 Å². The molecule has 0 aromatic heterocycles. The van der Waals surface area contributed by atoms with Crippen LogP contribution in [0.5, 0.6) is 0 Å². The Balaban J connectivity index is 2.65. The van der Waals surface area contributed by atoms with Crippen LogP contribution in [0, 0.1) is 5.82 Å². The number of benzene rings is 1. The van der Waals surface area contributed by atoms with Crippen molar-refractivity contribution in [1.82, 2.24) is 5.32 Å². The molecule has 1 rings (SSSR count). The van der Waals surface area contributed by atoms with E-state index in [4.69, 9.17) is 5.73 Å². The van der Waals surface area contributed by atoms with E-state index in [1.807, 2.05) is 13.8 Å². The highest BCUT2D eigenvalue weighted by molar-refractivity contribution is 5.89. The molecule has 0 heterocycles. The smallest absolute Gasteiger partial charge is 0.319 e. The van der Waals surface area contributed by atoms with Crippen molar-refractivity contribution in [2.75, 3.05) is 11.9 Å². The average Bonchev–Trinajstić information content (AvgIpc) is 2.32. The van der Waals surface area contributed by atoms with Crippen LogP contribution in [0.2, 0.25) is 0 Å². The van der Waals surface area contributed by atoms with Gasteiger partial charge in [0.15, 0.2) is 0 Å². The number of hydrogen-bond acceptors (Lipinski definition) is 2. The van der Waals surface area contributed by atoms with Gasteiger partial charge < -0.3 is 16.4 Å². The molecule has 0 aliphatic carbocycles. The van der Waals surface area contributed by atoms with Crippen molar-refractivity contribution in [3.05, 3.63) is 30.1 Å². The first-order chi connectivity index (χ1) is 8.00. The fraction of sp³-hybridized carbons (Fsp3) is 0.417. The van der Waals surface area contributed by atoms with Crippen LogP contribution in [-0.4, -0.2) is 18.1 Å². The van der Waals surface area contributed by atoms with Crippen molar-refractivity contribution in [2.45, 2.75) is 25.8 Å². The molecule has 0 aliphatic heterocycles. The summed E-state index contributed by atoms with van der Waals surface area (Å²) >= 11 is 0. The number of carbonyl (C=O) groups excluding carboxylic acids is 1. The van der Waals surface area contributed by atoms with E-state index >= 15 is 0 Å². The van der Waals surface area contributed by atoms with Crippen molar-refractivity contribution in [2.24, 2.45) is 5.73 Å². The molecule has 1 unspecified atom stereocenters. The van der Waals surface area contributed by atoms with Gasteiger partial charge in [-0.1, -0.05) is 19.1 Å². The van der Waals surface area contributed by atoms with Crippen LogP contribution in [0.3, 0.4) is 0 Å². The quantitative estimate of drug-likeness (QED) is 0.753. The van der Waals surface area contributed by atoms with Gasteiger partial charge in [-0.15, -0.1) is 0 Å². The zero-order valence-corrected chi connectivity index (χ0v) is 10.1. The Kier molecular flexibility index (Phi) is 4.45. The summed E-state index contributed by atoms with van der Waals surface area (Å²) in [5.41, 5.74) is 5.25. The van der Waals surface area contributed by atoms with E-state index in [1.165, 1.54) is 12.1 Å². The highest BCUT2D eigenvalue weighted by Gasteiger charge is 2.22. The van der Waals surface area contributed by atoms with Crippen LogP contribution in [0.1, 0.15) is 20.3 Å². The second-order valence-electron chi connectivity index (χ2n) is 4.18. The maximum absolute atomic E-state index is 13.3. The summed E-state index contributed by atoms with van der Waals surface area (Å²) in [6.07, 6.45) is 0.703. The fourth-order valence-electron chi connectivity index (χ4n) is 1.27. The Morgan fingerprint density at radius 1 is 1.47 bits per heavy atom. The highest BCUT2D eigenvalue weighted by Crippen LogP contribution is 2.13. The third-order valence-corrected chi connectivity index (χ3v) is 2.77. The van der Waals surface area contributed by atoms with E-state index in [1.54, 1.807) is 12.1 Å². The summed E-state index contributed by atoms with van der Waals surface area (Å²) in [6.45, 7) is 4.10. The summed E-state index contributed by atoms with van der Waals surface area (Å²) in [5.74, 6) is -0.464. The Morgan fingerprint density at radius 3 is 2.65 bits per heavy atom. The normalized spacial score (nSPS) is 13.9. The molecule has 0 saturated heterocycles. The molecule has 0 bridgehead atoms. The van der Waals surface area contributed by atoms with Crippen molar-refractivity contribution >= 4 is 11.7 Å². The number of nitrogens with two attached hydrogens (primary N) is 1. The Labute approximate surface area is 100 Å². The monoisotopic (exact) mass is 239 g/mol. The van der Waals surface area contributed by atoms with Crippen molar-refractivity contribution in [1.29, 1.82) is 0 Å². The second-order valence-corrected chi connectivity index (χ2v) is 4.18. The minimum Gasteiger partial charge on any atom is -0.331 e. The topological polar surface area (TPSA) is 67.1 Å². The predicted molar refractivity (Wildman–Crippen MR) is 66.3 cm³/mol. The standard InChI is InChI=1S/C12H18FN3O/c1-3-12(2,8-14)16-11(17)15-10-7-5-4-6-9(10)13/h4-7H,3,8,14H2,1-2H3,(H2,15,16,17). The van der Waals surface area contributed by atoms with Gasteiger partial charge >= 0.3 is 6.03 Å². The molecule has 0 radical (unpaired) electrons. The van der Waals surface area contributed by atoms with Crippen LogP contribution in [0.4, 0.5) is 14.9 Å². The molecule has 4 N–H and O–H groups in total. The lowest BCUT2D eigenvalue weighted by molar-refractivity contribution is 0.238. The van der Waals surface area contributed by atoms with Gasteiger partial charge in [-0.3, -0.25) is 0 Å². The number of halogens is 1. The largest absolute Gasteiger partial charge is 0.331 e. The maximum atomic E-state index is 13.3. The lowest BCUT2D eigenvalue weighted by atomic mass is 10.00. The molecule has 17 heavy (non-hydrogen) atoms. The number of urea groups is 1. The lowest BCUT2D eigenvalue weighted by Gasteiger charge is -2.27. The van der Waals surface area contributed by atoms with Crippen molar-refractivity contribution in [3.63, 3.8) is 0 Å². The van der Waals surface area contributed by atoms with Gasteiger partial charge in [0.05, 0.1) is 11.2 Å². The Hall–Kier alpha value is -1.62. The van der Waals surface area contributed by atoms with Gasteiger partial charge in [-0.2, -0.15) is 0 Å². The first-order valence-electron chi connectivity index (χ1n) is 5.54. The molecule has 1 atom stereocenters. The molecular formula is C12H18FN3O. The predicted octanol–water partition coefficient (Wildman–Crippen LogP) is 2.07. The third kappa shape index (κ3) is 3.71. The minimum absolute atomic E-state index is 0.153. The van der Waals surface area contributed by atoms with Crippen molar-refractivity contribution < 1.29 is 9.18 Å². The Morgan fingerprint density at radius 2 is 2.12 bits per heavy atom. The molecule has 4 nitrogen and oxygen atoms in total. The van der Waals surface area contributed by atoms with Gasteiger partial charge in [0.25, 0.3) is 0 Å². The molecule has 0 saturated carbocycles. The van der Waals surface area contributed by atoms with E-state index in [-0.39, 0.29) is 5.69 Å². The highest BCUT2D eigenvalue weighted by atomic mass is 19.1. The number of anilines is 1. The molecule has 94 valence electrons. The first-order valence-corrected chi connectivity index (χ1v) is 5.54. The number of hydrogen-bond donors (Lipinski definition) is 3. The van der Waals surface area contributed by atoms with Crippen LogP contribution in [0.15, 0.2) is 24.3 Å². The molecule has 1 aromatic carbocycles. The zero-order chi connectivity index (χ0) is 12.9. The van der Waals surface area contributed by atoms with Crippen LogP contribution >= 0.6 is 0 Å². The third-order valence-electron chi connectivity index (χ3n) is 2.77. The first kappa shape index (κ1) is 13.4. The maximum Gasteiger partial charge on any atom is 0.319 e. The molecule has 2 amide bonds. The molecule has 0 aliphatic rings. The van der Waals surface area contributed by atoms with Gasteiger partial charge in [-0.25, -0.2) is 9.18 Å². The van der Waals surface area contributed by atoms with E-state index in [2.05, 4.69) is 10.6 Å². The van der Waals surface area contributed by atoms with Crippen LogP contribution in [0.25, 0.3) is 0 Å². The van der Waals surface area contributed by atoms with Gasteiger partial charge in [0.2, 0.25) is 0 Å². The van der Waals surface area contributed by atoms with E-state index in [0.717, 1.165) is 0 Å². The van der Waals surface area contributed by atoms with Crippen LogP contribution in [-0.2, 0) is 0 Å². The molecule has 0 spiro atoms. The number of rotatable bonds is 4. The van der Waals surface area contributed by atoms with Gasteiger partial charge in [0, 0.05) is 6.54 Å². The zero-order valence-electron chi connectivity index (χ0n) is 10.1.